The maximum absolute atomic E-state index is 11.9. The molecule has 0 aromatic carbocycles. The fraction of sp³-hybridized carbons (Fsp3) is 0.917. The van der Waals surface area contributed by atoms with E-state index in [-0.39, 0.29) is 24.0 Å². The number of Topliss-reactive ketones (excluding diaryl/α,β-unsaturated/α-hetero) is 1. The van der Waals surface area contributed by atoms with Gasteiger partial charge in [-0.25, -0.2) is 0 Å². The Bertz CT molecular complexity index is 236. The van der Waals surface area contributed by atoms with Crippen LogP contribution in [0, 0.1) is 5.41 Å². The second-order valence-electron chi connectivity index (χ2n) is 5.21. The lowest BCUT2D eigenvalue weighted by atomic mass is 9.83. The Kier molecular flexibility index (Phi) is 6.75. The number of hydrogen-bond acceptors (Lipinski definition) is 2. The average Bonchev–Trinajstić information content (AvgIpc) is 2.13. The molecule has 0 spiro atoms. The van der Waals surface area contributed by atoms with Gasteiger partial charge in [-0.2, -0.15) is 13.2 Å². The Morgan fingerprint density at radius 2 is 1.65 bits per heavy atom. The smallest absolute Gasteiger partial charge is 0.330 e. The molecule has 0 bridgehead atoms. The van der Waals surface area contributed by atoms with E-state index in [0.717, 1.165) is 6.42 Å². The summed E-state index contributed by atoms with van der Waals surface area (Å²) in [5.41, 5.74) is 5.43. The lowest BCUT2D eigenvalue weighted by Crippen LogP contribution is -2.18. The van der Waals surface area contributed by atoms with E-state index in [4.69, 9.17) is 5.73 Å². The van der Waals surface area contributed by atoms with Gasteiger partial charge in [-0.1, -0.05) is 13.8 Å². The lowest BCUT2D eigenvalue weighted by molar-refractivity contribution is -0.137. The van der Waals surface area contributed by atoms with Crippen molar-refractivity contribution in [3.8, 4) is 0 Å². The Labute approximate surface area is 101 Å². The molecule has 0 aliphatic heterocycles. The topological polar surface area (TPSA) is 43.1 Å². The van der Waals surface area contributed by atoms with E-state index in [1.807, 2.05) is 13.8 Å². The van der Waals surface area contributed by atoms with E-state index in [0.29, 0.717) is 19.4 Å². The van der Waals surface area contributed by atoms with E-state index >= 15 is 0 Å². The zero-order valence-electron chi connectivity index (χ0n) is 10.6. The van der Waals surface area contributed by atoms with Crippen LogP contribution in [0.25, 0.3) is 0 Å². The fourth-order valence-corrected chi connectivity index (χ4v) is 1.60. The minimum Gasteiger partial charge on any atom is -0.330 e. The first-order valence-electron chi connectivity index (χ1n) is 5.95. The quantitative estimate of drug-likeness (QED) is 0.720. The summed E-state index contributed by atoms with van der Waals surface area (Å²) in [6, 6.07) is 0. The van der Waals surface area contributed by atoms with Gasteiger partial charge in [0.2, 0.25) is 0 Å². The molecule has 17 heavy (non-hydrogen) atoms. The summed E-state index contributed by atoms with van der Waals surface area (Å²) in [5, 5.41) is 0. The molecule has 102 valence electrons. The molecule has 0 rings (SSSR count). The molecule has 0 saturated carbocycles. The van der Waals surface area contributed by atoms with Crippen LogP contribution in [0.4, 0.5) is 13.2 Å². The van der Waals surface area contributed by atoms with Gasteiger partial charge in [-0.3, -0.25) is 4.79 Å². The van der Waals surface area contributed by atoms with Crippen molar-refractivity contribution in [1.82, 2.24) is 0 Å². The third-order valence-electron chi connectivity index (χ3n) is 2.82. The summed E-state index contributed by atoms with van der Waals surface area (Å²) >= 11 is 0. The Morgan fingerprint density at radius 1 is 1.06 bits per heavy atom. The monoisotopic (exact) mass is 253 g/mol. The van der Waals surface area contributed by atoms with Crippen molar-refractivity contribution in [2.24, 2.45) is 11.1 Å². The third-order valence-corrected chi connectivity index (χ3v) is 2.82. The zero-order valence-corrected chi connectivity index (χ0v) is 10.6. The molecule has 0 aliphatic carbocycles. The summed E-state index contributed by atoms with van der Waals surface area (Å²) < 4.78 is 35.6. The van der Waals surface area contributed by atoms with Crippen LogP contribution in [-0.4, -0.2) is 18.5 Å². The summed E-state index contributed by atoms with van der Waals surface area (Å²) in [5.74, 6) is -0.0839. The SMILES string of the molecule is CC(C)(CCN)CCC(=O)CCCC(F)(F)F. The van der Waals surface area contributed by atoms with Crippen LogP contribution in [0.3, 0.4) is 0 Å². The second-order valence-corrected chi connectivity index (χ2v) is 5.21. The van der Waals surface area contributed by atoms with E-state index in [1.165, 1.54) is 0 Å². The number of rotatable bonds is 8. The molecule has 0 heterocycles. The Hall–Kier alpha value is -0.580. The molecular weight excluding hydrogens is 231 g/mol. The van der Waals surface area contributed by atoms with Crippen molar-refractivity contribution in [2.75, 3.05) is 6.54 Å². The van der Waals surface area contributed by atoms with Gasteiger partial charge in [-0.05, 0) is 31.2 Å². The van der Waals surface area contributed by atoms with Gasteiger partial charge < -0.3 is 5.73 Å². The van der Waals surface area contributed by atoms with Crippen molar-refractivity contribution in [3.05, 3.63) is 0 Å². The van der Waals surface area contributed by atoms with Crippen molar-refractivity contribution < 1.29 is 18.0 Å². The highest BCUT2D eigenvalue weighted by atomic mass is 19.4. The largest absolute Gasteiger partial charge is 0.389 e. The van der Waals surface area contributed by atoms with Crippen LogP contribution in [0.1, 0.15) is 52.4 Å². The summed E-state index contributed by atoms with van der Waals surface area (Å²) in [6.07, 6.45) is -3.23. The molecule has 0 radical (unpaired) electrons. The standard InChI is InChI=1S/C12H22F3NO/c1-11(2,8-9-16)7-5-10(17)4-3-6-12(13,14)15/h3-9,16H2,1-2H3. The average molecular weight is 253 g/mol. The summed E-state index contributed by atoms with van der Waals surface area (Å²) in [7, 11) is 0. The molecule has 0 saturated heterocycles. The van der Waals surface area contributed by atoms with E-state index in [9.17, 15) is 18.0 Å². The molecule has 0 aliphatic rings. The Balaban J connectivity index is 3.73. The van der Waals surface area contributed by atoms with Crippen LogP contribution in [0.15, 0.2) is 0 Å². The van der Waals surface area contributed by atoms with Gasteiger partial charge in [0, 0.05) is 19.3 Å². The number of alkyl halides is 3. The van der Waals surface area contributed by atoms with Gasteiger partial charge in [0.15, 0.2) is 0 Å². The Morgan fingerprint density at radius 3 is 2.12 bits per heavy atom. The molecule has 0 fully saturated rings. The van der Waals surface area contributed by atoms with Gasteiger partial charge in [0.1, 0.15) is 5.78 Å². The van der Waals surface area contributed by atoms with Crippen molar-refractivity contribution in [2.45, 2.75) is 58.5 Å². The third kappa shape index (κ3) is 10.3. The van der Waals surface area contributed by atoms with Crippen LogP contribution < -0.4 is 5.73 Å². The molecule has 0 unspecified atom stereocenters. The second kappa shape index (κ2) is 6.99. The van der Waals surface area contributed by atoms with Crippen molar-refractivity contribution >= 4 is 5.78 Å². The van der Waals surface area contributed by atoms with Gasteiger partial charge >= 0.3 is 6.18 Å². The first kappa shape index (κ1) is 16.4. The highest BCUT2D eigenvalue weighted by molar-refractivity contribution is 5.78. The van der Waals surface area contributed by atoms with Crippen molar-refractivity contribution in [1.29, 1.82) is 0 Å². The van der Waals surface area contributed by atoms with Crippen LogP contribution in [0.2, 0.25) is 0 Å². The molecule has 5 heteroatoms. The first-order valence-corrected chi connectivity index (χ1v) is 5.95. The molecule has 0 aromatic heterocycles. The molecule has 2 nitrogen and oxygen atoms in total. The number of carbonyl (C=O) groups excluding carboxylic acids is 1. The van der Waals surface area contributed by atoms with E-state index < -0.39 is 12.6 Å². The van der Waals surface area contributed by atoms with Gasteiger partial charge in [0.25, 0.3) is 0 Å². The molecule has 2 N–H and O–H groups in total. The molecular formula is C12H22F3NO. The number of nitrogens with two attached hydrogens (primary N) is 1. The lowest BCUT2D eigenvalue weighted by Gasteiger charge is -2.23. The van der Waals surface area contributed by atoms with Gasteiger partial charge in [-0.15, -0.1) is 0 Å². The minimum absolute atomic E-state index is 0.00552. The van der Waals surface area contributed by atoms with Crippen LogP contribution in [-0.2, 0) is 4.79 Å². The van der Waals surface area contributed by atoms with Gasteiger partial charge in [0.05, 0.1) is 0 Å². The fourth-order valence-electron chi connectivity index (χ4n) is 1.60. The highest BCUT2D eigenvalue weighted by Crippen LogP contribution is 2.27. The number of ketones is 1. The van der Waals surface area contributed by atoms with Crippen LogP contribution >= 0.6 is 0 Å². The van der Waals surface area contributed by atoms with Crippen molar-refractivity contribution in [3.63, 3.8) is 0 Å². The van der Waals surface area contributed by atoms with Crippen LogP contribution in [0.5, 0.6) is 0 Å². The first-order chi connectivity index (χ1) is 7.66. The number of halogens is 3. The maximum atomic E-state index is 11.9. The molecule has 0 atom stereocenters. The minimum atomic E-state index is -4.15. The normalized spacial score (nSPS) is 12.8. The summed E-state index contributed by atoms with van der Waals surface area (Å²) in [6.45, 7) is 4.60. The molecule has 0 amide bonds. The van der Waals surface area contributed by atoms with E-state index in [1.54, 1.807) is 0 Å². The molecule has 0 aromatic rings. The maximum Gasteiger partial charge on any atom is 0.389 e. The number of carbonyl (C=O) groups is 1. The predicted molar refractivity (Wildman–Crippen MR) is 61.6 cm³/mol. The predicted octanol–water partition coefficient (Wildman–Crippen LogP) is 3.44. The highest BCUT2D eigenvalue weighted by Gasteiger charge is 2.26. The zero-order chi connectivity index (χ0) is 13.5. The summed E-state index contributed by atoms with van der Waals surface area (Å²) in [4.78, 5) is 11.4. The van der Waals surface area contributed by atoms with E-state index in [2.05, 4.69) is 0 Å². The number of hydrogen-bond donors (Lipinski definition) is 1.